The summed E-state index contributed by atoms with van der Waals surface area (Å²) < 4.78 is 27.7. The summed E-state index contributed by atoms with van der Waals surface area (Å²) in [5, 5.41) is 8.67. The van der Waals surface area contributed by atoms with Gasteiger partial charge in [0.05, 0.1) is 17.5 Å². The van der Waals surface area contributed by atoms with Gasteiger partial charge in [-0.1, -0.05) is 53.7 Å². The summed E-state index contributed by atoms with van der Waals surface area (Å²) in [7, 11) is -3.69. The number of hydrogen-bond acceptors (Lipinski definition) is 3. The Balaban J connectivity index is 3.70. The predicted octanol–water partition coefficient (Wildman–Crippen LogP) is 3.86. The van der Waals surface area contributed by atoms with Gasteiger partial charge < -0.3 is 0 Å². The molecule has 1 N–H and O–H groups in total. The van der Waals surface area contributed by atoms with Gasteiger partial charge in [0.1, 0.15) is 0 Å². The lowest BCUT2D eigenvalue weighted by Crippen LogP contribution is -2.27. The molecular formula is C17H26N2O2S. The van der Waals surface area contributed by atoms with E-state index >= 15 is 0 Å². The molecule has 5 heteroatoms. The third kappa shape index (κ3) is 4.08. The SMILES string of the molecule is CC(C)c1cc(C(C)C)c(S(=O)(=O)NCC#N)c(C(C)C)c1. The van der Waals surface area contributed by atoms with Crippen molar-refractivity contribution in [3.05, 3.63) is 28.8 Å². The van der Waals surface area contributed by atoms with E-state index in [4.69, 9.17) is 5.26 Å². The van der Waals surface area contributed by atoms with E-state index in [9.17, 15) is 8.42 Å². The average Bonchev–Trinajstić information content (AvgIpc) is 2.43. The molecule has 0 saturated carbocycles. The van der Waals surface area contributed by atoms with E-state index in [2.05, 4.69) is 18.6 Å². The second-order valence-electron chi connectivity index (χ2n) is 6.48. The predicted molar refractivity (Wildman–Crippen MR) is 89.5 cm³/mol. The van der Waals surface area contributed by atoms with Crippen LogP contribution in [0.25, 0.3) is 0 Å². The van der Waals surface area contributed by atoms with Crippen molar-refractivity contribution in [2.45, 2.75) is 64.2 Å². The molecule has 0 bridgehead atoms. The summed E-state index contributed by atoms with van der Waals surface area (Å²) in [6.07, 6.45) is 0. The highest BCUT2D eigenvalue weighted by molar-refractivity contribution is 7.89. The topological polar surface area (TPSA) is 70.0 Å². The first kappa shape index (κ1) is 18.7. The molecule has 0 aromatic heterocycles. The molecule has 0 amide bonds. The zero-order valence-electron chi connectivity index (χ0n) is 14.3. The zero-order chi connectivity index (χ0) is 17.1. The normalized spacial score (nSPS) is 12.2. The van der Waals surface area contributed by atoms with Crippen molar-refractivity contribution in [1.82, 2.24) is 4.72 Å². The van der Waals surface area contributed by atoms with E-state index in [0.29, 0.717) is 10.8 Å². The van der Waals surface area contributed by atoms with Crippen LogP contribution in [0.4, 0.5) is 0 Å². The Kier molecular flexibility index (Phi) is 6.16. The molecule has 1 aromatic carbocycles. The quantitative estimate of drug-likeness (QED) is 0.808. The number of rotatable bonds is 6. The fourth-order valence-electron chi connectivity index (χ4n) is 2.40. The lowest BCUT2D eigenvalue weighted by atomic mass is 9.89. The molecule has 0 unspecified atom stereocenters. The largest absolute Gasteiger partial charge is 0.242 e. The van der Waals surface area contributed by atoms with Crippen LogP contribution in [0, 0.1) is 11.3 Å². The molecule has 22 heavy (non-hydrogen) atoms. The molecular weight excluding hydrogens is 296 g/mol. The van der Waals surface area contributed by atoms with Crippen molar-refractivity contribution in [1.29, 1.82) is 5.26 Å². The average molecular weight is 322 g/mol. The standard InChI is InChI=1S/C17H26N2O2S/c1-11(2)14-9-15(12(3)4)17(16(10-14)13(5)6)22(20,21)19-8-7-18/h9-13,19H,8H2,1-6H3. The van der Waals surface area contributed by atoms with Gasteiger partial charge in [-0.3, -0.25) is 0 Å². The van der Waals surface area contributed by atoms with E-state index in [-0.39, 0.29) is 18.4 Å². The summed E-state index contributed by atoms with van der Waals surface area (Å²) in [5.41, 5.74) is 2.78. The lowest BCUT2D eigenvalue weighted by molar-refractivity contribution is 0.580. The Labute approximate surface area is 134 Å². The molecule has 0 aliphatic heterocycles. The minimum absolute atomic E-state index is 0.0878. The Morgan fingerprint density at radius 2 is 1.45 bits per heavy atom. The summed E-state index contributed by atoms with van der Waals surface area (Å²) in [6, 6.07) is 5.81. The number of sulfonamides is 1. The summed E-state index contributed by atoms with van der Waals surface area (Å²) in [6.45, 7) is 12.0. The fourth-order valence-corrected chi connectivity index (χ4v) is 4.01. The molecule has 0 spiro atoms. The van der Waals surface area contributed by atoms with Crippen molar-refractivity contribution in [3.63, 3.8) is 0 Å². The first-order valence-electron chi connectivity index (χ1n) is 7.66. The first-order chi connectivity index (χ1) is 10.1. The maximum Gasteiger partial charge on any atom is 0.242 e. The third-order valence-corrected chi connectivity index (χ3v) is 5.22. The van der Waals surface area contributed by atoms with Crippen LogP contribution in [-0.4, -0.2) is 15.0 Å². The van der Waals surface area contributed by atoms with Crippen molar-refractivity contribution in [2.75, 3.05) is 6.54 Å². The van der Waals surface area contributed by atoms with Gasteiger partial charge in [0.2, 0.25) is 10.0 Å². The highest BCUT2D eigenvalue weighted by Crippen LogP contribution is 2.34. The molecule has 0 atom stereocenters. The van der Waals surface area contributed by atoms with Gasteiger partial charge in [-0.05, 0) is 34.4 Å². The molecule has 0 radical (unpaired) electrons. The van der Waals surface area contributed by atoms with Crippen LogP contribution in [0.1, 0.15) is 76.0 Å². The highest BCUT2D eigenvalue weighted by Gasteiger charge is 2.26. The number of nitrogens with zero attached hydrogens (tertiary/aromatic N) is 1. The van der Waals surface area contributed by atoms with Gasteiger partial charge >= 0.3 is 0 Å². The Bertz CT molecular complexity index is 639. The second kappa shape index (κ2) is 7.26. The van der Waals surface area contributed by atoms with Gasteiger partial charge in [-0.25, -0.2) is 8.42 Å². The summed E-state index contributed by atoms with van der Waals surface area (Å²) >= 11 is 0. The fraction of sp³-hybridized carbons (Fsp3) is 0.588. The van der Waals surface area contributed by atoms with Crippen LogP contribution in [0.5, 0.6) is 0 Å². The number of nitrogens with one attached hydrogen (secondary N) is 1. The zero-order valence-corrected chi connectivity index (χ0v) is 15.1. The van der Waals surface area contributed by atoms with Crippen LogP contribution < -0.4 is 4.72 Å². The van der Waals surface area contributed by atoms with Crippen molar-refractivity contribution in [2.24, 2.45) is 0 Å². The molecule has 0 aliphatic rings. The minimum Gasteiger partial charge on any atom is -0.207 e. The van der Waals surface area contributed by atoms with E-state index in [1.54, 1.807) is 0 Å². The molecule has 4 nitrogen and oxygen atoms in total. The smallest absolute Gasteiger partial charge is 0.207 e. The van der Waals surface area contributed by atoms with Crippen LogP contribution >= 0.6 is 0 Å². The van der Waals surface area contributed by atoms with E-state index < -0.39 is 10.0 Å². The molecule has 1 aromatic rings. The van der Waals surface area contributed by atoms with Gasteiger partial charge in [0, 0.05) is 0 Å². The number of hydrogen-bond donors (Lipinski definition) is 1. The lowest BCUT2D eigenvalue weighted by Gasteiger charge is -2.22. The van der Waals surface area contributed by atoms with E-state index in [1.807, 2.05) is 45.9 Å². The van der Waals surface area contributed by atoms with Gasteiger partial charge in [0.15, 0.2) is 0 Å². The summed E-state index contributed by atoms with van der Waals surface area (Å²) in [4.78, 5) is 0.345. The van der Waals surface area contributed by atoms with Gasteiger partial charge in [-0.2, -0.15) is 9.98 Å². The summed E-state index contributed by atoms with van der Waals surface area (Å²) in [5.74, 6) is 0.508. The highest BCUT2D eigenvalue weighted by atomic mass is 32.2. The van der Waals surface area contributed by atoms with Crippen LogP contribution in [0.2, 0.25) is 0 Å². The molecule has 122 valence electrons. The molecule has 1 rings (SSSR count). The number of benzene rings is 1. The Hall–Kier alpha value is -1.38. The molecule has 0 fully saturated rings. The monoisotopic (exact) mass is 322 g/mol. The van der Waals surface area contributed by atoms with Crippen LogP contribution in [-0.2, 0) is 10.0 Å². The maximum absolute atomic E-state index is 12.7. The van der Waals surface area contributed by atoms with Gasteiger partial charge in [0.25, 0.3) is 0 Å². The third-order valence-electron chi connectivity index (χ3n) is 3.69. The molecule has 0 heterocycles. The Morgan fingerprint density at radius 1 is 1.00 bits per heavy atom. The van der Waals surface area contributed by atoms with Crippen molar-refractivity contribution >= 4 is 10.0 Å². The van der Waals surface area contributed by atoms with Gasteiger partial charge in [-0.15, -0.1) is 0 Å². The maximum atomic E-state index is 12.7. The Morgan fingerprint density at radius 3 is 1.77 bits per heavy atom. The van der Waals surface area contributed by atoms with E-state index in [1.165, 1.54) is 0 Å². The van der Waals surface area contributed by atoms with Crippen molar-refractivity contribution < 1.29 is 8.42 Å². The van der Waals surface area contributed by atoms with E-state index in [0.717, 1.165) is 16.7 Å². The van der Waals surface area contributed by atoms with Crippen LogP contribution in [0.3, 0.4) is 0 Å². The molecule has 0 saturated heterocycles. The minimum atomic E-state index is -3.69. The second-order valence-corrected chi connectivity index (χ2v) is 8.18. The first-order valence-corrected chi connectivity index (χ1v) is 9.14. The molecule has 0 aliphatic carbocycles. The van der Waals surface area contributed by atoms with Crippen molar-refractivity contribution in [3.8, 4) is 6.07 Å². The number of nitriles is 1. The van der Waals surface area contributed by atoms with Crippen LogP contribution in [0.15, 0.2) is 17.0 Å².